The van der Waals surface area contributed by atoms with Crippen LogP contribution in [0.15, 0.2) is 24.3 Å². The van der Waals surface area contributed by atoms with Gasteiger partial charge in [-0.05, 0) is 6.07 Å². The SMILES string of the molecule is CC(C)(C)c1nc(Cl)cc(-c2cccc(Cl)c2Cl)n1. The highest BCUT2D eigenvalue weighted by Gasteiger charge is 2.20. The van der Waals surface area contributed by atoms with E-state index in [1.54, 1.807) is 12.1 Å². The van der Waals surface area contributed by atoms with Crippen molar-refractivity contribution < 1.29 is 0 Å². The standard InChI is InChI=1S/C14H13Cl3N2/c1-14(2,3)13-18-10(7-11(16)19-13)8-5-4-6-9(15)12(8)17/h4-7H,1-3H3. The van der Waals surface area contributed by atoms with Crippen LogP contribution in [0.1, 0.15) is 26.6 Å². The third kappa shape index (κ3) is 3.19. The van der Waals surface area contributed by atoms with E-state index in [4.69, 9.17) is 34.8 Å². The van der Waals surface area contributed by atoms with Gasteiger partial charge in [-0.1, -0.05) is 67.7 Å². The normalized spacial score (nSPS) is 11.7. The molecule has 1 aromatic heterocycles. The molecule has 5 heteroatoms. The molecular weight excluding hydrogens is 303 g/mol. The van der Waals surface area contributed by atoms with Gasteiger partial charge in [-0.3, -0.25) is 0 Å². The Balaban J connectivity index is 2.63. The van der Waals surface area contributed by atoms with Gasteiger partial charge in [-0.2, -0.15) is 0 Å². The Morgan fingerprint density at radius 2 is 1.68 bits per heavy atom. The van der Waals surface area contributed by atoms with Crippen molar-refractivity contribution in [2.75, 3.05) is 0 Å². The van der Waals surface area contributed by atoms with E-state index in [2.05, 4.69) is 9.97 Å². The van der Waals surface area contributed by atoms with E-state index in [0.717, 1.165) is 5.56 Å². The van der Waals surface area contributed by atoms with Crippen LogP contribution in [0.25, 0.3) is 11.3 Å². The summed E-state index contributed by atoms with van der Waals surface area (Å²) < 4.78 is 0. The Bertz CT molecular complexity index is 619. The summed E-state index contributed by atoms with van der Waals surface area (Å²) in [6.07, 6.45) is 0. The Hall–Kier alpha value is -0.830. The molecule has 19 heavy (non-hydrogen) atoms. The molecule has 0 bridgehead atoms. The molecule has 1 aromatic carbocycles. The number of aromatic nitrogens is 2. The van der Waals surface area contributed by atoms with E-state index in [-0.39, 0.29) is 5.41 Å². The van der Waals surface area contributed by atoms with Gasteiger partial charge >= 0.3 is 0 Å². The first-order valence-electron chi connectivity index (χ1n) is 5.78. The van der Waals surface area contributed by atoms with E-state index in [9.17, 15) is 0 Å². The van der Waals surface area contributed by atoms with Gasteiger partial charge in [0.15, 0.2) is 0 Å². The summed E-state index contributed by atoms with van der Waals surface area (Å²) in [6, 6.07) is 7.12. The van der Waals surface area contributed by atoms with Crippen molar-refractivity contribution in [2.45, 2.75) is 26.2 Å². The molecule has 100 valence electrons. The fourth-order valence-corrected chi connectivity index (χ4v) is 2.17. The lowest BCUT2D eigenvalue weighted by molar-refractivity contribution is 0.546. The molecule has 2 aromatic rings. The van der Waals surface area contributed by atoms with E-state index in [0.29, 0.717) is 26.7 Å². The Kier molecular flexibility index (Phi) is 4.05. The van der Waals surface area contributed by atoms with Gasteiger partial charge in [-0.25, -0.2) is 9.97 Å². The molecule has 0 aliphatic heterocycles. The van der Waals surface area contributed by atoms with Gasteiger partial charge in [-0.15, -0.1) is 0 Å². The summed E-state index contributed by atoms with van der Waals surface area (Å²) in [5.41, 5.74) is 1.24. The first-order valence-corrected chi connectivity index (χ1v) is 6.92. The molecule has 2 rings (SSSR count). The van der Waals surface area contributed by atoms with Crippen LogP contribution in [0.3, 0.4) is 0 Å². The Morgan fingerprint density at radius 3 is 2.32 bits per heavy atom. The van der Waals surface area contributed by atoms with Gasteiger partial charge < -0.3 is 0 Å². The average Bonchev–Trinajstić information content (AvgIpc) is 2.31. The second kappa shape index (κ2) is 5.28. The summed E-state index contributed by atoms with van der Waals surface area (Å²) in [4.78, 5) is 8.80. The Labute approximate surface area is 127 Å². The molecule has 0 spiro atoms. The van der Waals surface area contributed by atoms with Gasteiger partial charge in [0.25, 0.3) is 0 Å². The van der Waals surface area contributed by atoms with Gasteiger partial charge in [0.05, 0.1) is 15.7 Å². The third-order valence-corrected chi connectivity index (χ3v) is 3.61. The van der Waals surface area contributed by atoms with Crippen LogP contribution in [-0.4, -0.2) is 9.97 Å². The summed E-state index contributed by atoms with van der Waals surface area (Å²) in [5.74, 6) is 0.672. The molecule has 0 amide bonds. The third-order valence-electron chi connectivity index (χ3n) is 2.59. The highest BCUT2D eigenvalue weighted by Crippen LogP contribution is 2.34. The van der Waals surface area contributed by atoms with Gasteiger partial charge in [0, 0.05) is 17.0 Å². The first-order chi connectivity index (χ1) is 8.79. The number of hydrogen-bond donors (Lipinski definition) is 0. The summed E-state index contributed by atoms with van der Waals surface area (Å²) in [7, 11) is 0. The second-order valence-corrected chi connectivity index (χ2v) is 6.42. The van der Waals surface area contributed by atoms with Crippen LogP contribution < -0.4 is 0 Å². The van der Waals surface area contributed by atoms with Crippen molar-refractivity contribution in [3.8, 4) is 11.3 Å². The van der Waals surface area contributed by atoms with Crippen molar-refractivity contribution in [3.05, 3.63) is 45.3 Å². The minimum absolute atomic E-state index is 0.190. The lowest BCUT2D eigenvalue weighted by atomic mass is 9.95. The summed E-state index contributed by atoms with van der Waals surface area (Å²) in [6.45, 7) is 6.09. The van der Waals surface area contributed by atoms with Crippen molar-refractivity contribution in [1.29, 1.82) is 0 Å². The topological polar surface area (TPSA) is 25.8 Å². The highest BCUT2D eigenvalue weighted by atomic mass is 35.5. The number of hydrogen-bond acceptors (Lipinski definition) is 2. The number of benzene rings is 1. The monoisotopic (exact) mass is 314 g/mol. The van der Waals surface area contributed by atoms with E-state index < -0.39 is 0 Å². The number of rotatable bonds is 1. The van der Waals surface area contributed by atoms with Crippen LogP contribution in [-0.2, 0) is 5.41 Å². The van der Waals surface area contributed by atoms with Gasteiger partial charge in [0.2, 0.25) is 0 Å². The fraction of sp³-hybridized carbons (Fsp3) is 0.286. The maximum absolute atomic E-state index is 6.21. The minimum Gasteiger partial charge on any atom is -0.232 e. The van der Waals surface area contributed by atoms with Crippen molar-refractivity contribution in [3.63, 3.8) is 0 Å². The minimum atomic E-state index is -0.190. The molecule has 0 aliphatic carbocycles. The largest absolute Gasteiger partial charge is 0.232 e. The molecular formula is C14H13Cl3N2. The van der Waals surface area contributed by atoms with Crippen molar-refractivity contribution in [2.24, 2.45) is 0 Å². The van der Waals surface area contributed by atoms with Crippen LogP contribution >= 0.6 is 34.8 Å². The first kappa shape index (κ1) is 14.6. The molecule has 1 heterocycles. The molecule has 0 N–H and O–H groups in total. The highest BCUT2D eigenvalue weighted by molar-refractivity contribution is 6.43. The molecule has 2 nitrogen and oxygen atoms in total. The average molecular weight is 316 g/mol. The van der Waals surface area contributed by atoms with Crippen molar-refractivity contribution >= 4 is 34.8 Å². The zero-order valence-corrected chi connectivity index (χ0v) is 13.1. The predicted octanol–water partition coefficient (Wildman–Crippen LogP) is 5.40. The lowest BCUT2D eigenvalue weighted by Gasteiger charge is -2.17. The van der Waals surface area contributed by atoms with E-state index in [1.807, 2.05) is 32.9 Å². The maximum atomic E-state index is 6.21. The maximum Gasteiger partial charge on any atom is 0.136 e. The van der Waals surface area contributed by atoms with Crippen LogP contribution in [0, 0.1) is 0 Å². The molecule has 0 saturated heterocycles. The molecule has 0 saturated carbocycles. The van der Waals surface area contributed by atoms with E-state index in [1.165, 1.54) is 0 Å². The molecule has 0 radical (unpaired) electrons. The number of halogens is 3. The van der Waals surface area contributed by atoms with Crippen LogP contribution in [0.5, 0.6) is 0 Å². The lowest BCUT2D eigenvalue weighted by Crippen LogP contribution is -2.16. The predicted molar refractivity (Wildman–Crippen MR) is 81.2 cm³/mol. The molecule has 0 fully saturated rings. The zero-order valence-electron chi connectivity index (χ0n) is 10.8. The molecule has 0 unspecified atom stereocenters. The fourth-order valence-electron chi connectivity index (χ4n) is 1.59. The second-order valence-electron chi connectivity index (χ2n) is 5.25. The summed E-state index contributed by atoms with van der Waals surface area (Å²) >= 11 is 18.3. The smallest absolute Gasteiger partial charge is 0.136 e. The summed E-state index contributed by atoms with van der Waals surface area (Å²) in [5, 5.41) is 1.36. The van der Waals surface area contributed by atoms with Gasteiger partial charge in [0.1, 0.15) is 11.0 Å². The quantitative estimate of drug-likeness (QED) is 0.658. The zero-order chi connectivity index (χ0) is 14.2. The Morgan fingerprint density at radius 1 is 1.00 bits per heavy atom. The molecule has 0 aliphatic rings. The molecule has 0 atom stereocenters. The number of nitrogens with zero attached hydrogens (tertiary/aromatic N) is 2. The van der Waals surface area contributed by atoms with E-state index >= 15 is 0 Å². The van der Waals surface area contributed by atoms with Crippen LogP contribution in [0.4, 0.5) is 0 Å². The van der Waals surface area contributed by atoms with Crippen molar-refractivity contribution in [1.82, 2.24) is 9.97 Å². The van der Waals surface area contributed by atoms with Crippen LogP contribution in [0.2, 0.25) is 15.2 Å².